The van der Waals surface area contributed by atoms with E-state index in [0.717, 1.165) is 22.3 Å². The fourth-order valence-corrected chi connectivity index (χ4v) is 4.11. The highest BCUT2D eigenvalue weighted by molar-refractivity contribution is 7.96. The van der Waals surface area contributed by atoms with Crippen LogP contribution in [0.1, 0.15) is 37.5 Å². The van der Waals surface area contributed by atoms with Crippen molar-refractivity contribution in [1.82, 2.24) is 9.19 Å². The summed E-state index contributed by atoms with van der Waals surface area (Å²) in [5.74, 6) is 0.558. The second-order valence-corrected chi connectivity index (χ2v) is 8.70. The second kappa shape index (κ2) is 8.22. The van der Waals surface area contributed by atoms with Gasteiger partial charge in [-0.15, -0.1) is 0 Å². The van der Waals surface area contributed by atoms with Crippen molar-refractivity contribution in [2.24, 2.45) is 0 Å². The van der Waals surface area contributed by atoms with Gasteiger partial charge in [-0.1, -0.05) is 50.6 Å². The lowest BCUT2D eigenvalue weighted by atomic mass is 9.82. The molecule has 3 rings (SSSR count). The highest BCUT2D eigenvalue weighted by atomic mass is 35.5. The third-order valence-electron chi connectivity index (χ3n) is 4.37. The number of aromatic nitrogens is 2. The number of halogens is 1. The van der Waals surface area contributed by atoms with Gasteiger partial charge in [-0.25, -0.2) is 0 Å². The van der Waals surface area contributed by atoms with E-state index < -0.39 is 0 Å². The van der Waals surface area contributed by atoms with E-state index in [1.807, 2.05) is 30.3 Å². The van der Waals surface area contributed by atoms with Gasteiger partial charge in [-0.3, -0.25) is 4.79 Å². The fraction of sp³-hybridized carbons (Fsp3) is 0.227. The van der Waals surface area contributed by atoms with Crippen LogP contribution in [0, 0.1) is 11.3 Å². The molecule has 0 unspecified atom stereocenters. The maximum atomic E-state index is 12.0. The number of benzene rings is 2. The summed E-state index contributed by atoms with van der Waals surface area (Å²) in [6.07, 6.45) is 1.59. The topological polar surface area (TPSA) is 58.7 Å². The smallest absolute Gasteiger partial charge is 0.267 e. The van der Waals surface area contributed by atoms with E-state index >= 15 is 0 Å². The zero-order valence-corrected chi connectivity index (χ0v) is 17.5. The Kier molecular flexibility index (Phi) is 5.93. The Morgan fingerprint density at radius 2 is 1.89 bits per heavy atom. The molecule has 0 radical (unpaired) electrons. The molecular weight excluding hydrogens is 390 g/mol. The van der Waals surface area contributed by atoms with Crippen LogP contribution in [0.25, 0.3) is 11.1 Å². The standard InChI is InChI=1S/C22H20ClN3OS/c1-22(2,3)19-12-20(23)18(17-8-5-4-7-15(17)13-24)11-16(19)14-28-26-21(27)9-6-10-25-26/h4-12H,14H2,1-3H3. The zero-order valence-electron chi connectivity index (χ0n) is 15.9. The summed E-state index contributed by atoms with van der Waals surface area (Å²) in [7, 11) is 0. The van der Waals surface area contributed by atoms with Crippen LogP contribution >= 0.6 is 23.5 Å². The summed E-state index contributed by atoms with van der Waals surface area (Å²) in [6, 6.07) is 16.8. The molecule has 0 aliphatic carbocycles. The van der Waals surface area contributed by atoms with E-state index in [1.54, 1.807) is 18.3 Å². The van der Waals surface area contributed by atoms with Crippen molar-refractivity contribution in [2.45, 2.75) is 31.9 Å². The summed E-state index contributed by atoms with van der Waals surface area (Å²) >= 11 is 7.96. The first-order valence-corrected chi connectivity index (χ1v) is 10.1. The lowest BCUT2D eigenvalue weighted by Gasteiger charge is -2.24. The molecule has 0 bridgehead atoms. The van der Waals surface area contributed by atoms with Crippen molar-refractivity contribution in [3.8, 4) is 17.2 Å². The molecule has 3 aromatic rings. The molecule has 0 saturated carbocycles. The van der Waals surface area contributed by atoms with E-state index in [2.05, 4.69) is 31.9 Å². The van der Waals surface area contributed by atoms with Gasteiger partial charge in [-0.05, 0) is 52.8 Å². The van der Waals surface area contributed by atoms with E-state index in [0.29, 0.717) is 16.3 Å². The Morgan fingerprint density at radius 3 is 2.57 bits per heavy atom. The average Bonchev–Trinajstić information content (AvgIpc) is 2.67. The minimum atomic E-state index is -0.158. The monoisotopic (exact) mass is 409 g/mol. The van der Waals surface area contributed by atoms with Crippen LogP contribution in [-0.4, -0.2) is 9.19 Å². The summed E-state index contributed by atoms with van der Waals surface area (Å²) in [4.78, 5) is 12.0. The maximum absolute atomic E-state index is 12.0. The molecule has 0 aliphatic heterocycles. The first kappa shape index (κ1) is 20.2. The molecular formula is C22H20ClN3OS. The number of nitriles is 1. The van der Waals surface area contributed by atoms with Gasteiger partial charge in [0.15, 0.2) is 0 Å². The molecule has 0 fully saturated rings. The fourth-order valence-electron chi connectivity index (χ4n) is 3.03. The molecule has 4 nitrogen and oxygen atoms in total. The van der Waals surface area contributed by atoms with Crippen LogP contribution in [0.5, 0.6) is 0 Å². The number of hydrogen-bond acceptors (Lipinski definition) is 4. The molecule has 0 aliphatic rings. The summed E-state index contributed by atoms with van der Waals surface area (Å²) in [5, 5.41) is 14.2. The highest BCUT2D eigenvalue weighted by Crippen LogP contribution is 2.38. The predicted molar refractivity (Wildman–Crippen MR) is 115 cm³/mol. The third kappa shape index (κ3) is 4.30. The second-order valence-electron chi connectivity index (χ2n) is 7.40. The van der Waals surface area contributed by atoms with Crippen LogP contribution < -0.4 is 5.56 Å². The Labute approximate surface area is 173 Å². The molecule has 1 aromatic heterocycles. The van der Waals surface area contributed by atoms with Gasteiger partial charge in [0, 0.05) is 34.2 Å². The van der Waals surface area contributed by atoms with Crippen LogP contribution in [-0.2, 0) is 11.2 Å². The Bertz CT molecular complexity index is 1110. The highest BCUT2D eigenvalue weighted by Gasteiger charge is 2.21. The van der Waals surface area contributed by atoms with Gasteiger partial charge in [0.25, 0.3) is 5.56 Å². The van der Waals surface area contributed by atoms with Crippen molar-refractivity contribution in [1.29, 1.82) is 5.26 Å². The summed E-state index contributed by atoms with van der Waals surface area (Å²) in [6.45, 7) is 6.38. The molecule has 0 amide bonds. The molecule has 0 atom stereocenters. The van der Waals surface area contributed by atoms with E-state index in [-0.39, 0.29) is 11.0 Å². The van der Waals surface area contributed by atoms with Gasteiger partial charge in [0.2, 0.25) is 0 Å². The largest absolute Gasteiger partial charge is 0.277 e. The molecule has 6 heteroatoms. The third-order valence-corrected chi connectivity index (χ3v) is 5.64. The average molecular weight is 410 g/mol. The molecule has 0 saturated heterocycles. The van der Waals surface area contributed by atoms with Gasteiger partial charge in [-0.2, -0.15) is 14.4 Å². The lowest BCUT2D eigenvalue weighted by molar-refractivity contribution is 0.585. The van der Waals surface area contributed by atoms with Crippen LogP contribution in [0.3, 0.4) is 0 Å². The molecule has 28 heavy (non-hydrogen) atoms. The quantitative estimate of drug-likeness (QED) is 0.576. The number of rotatable bonds is 4. The molecule has 0 N–H and O–H groups in total. The van der Waals surface area contributed by atoms with Crippen LogP contribution in [0.15, 0.2) is 59.5 Å². The van der Waals surface area contributed by atoms with Crippen LogP contribution in [0.4, 0.5) is 0 Å². The van der Waals surface area contributed by atoms with Crippen molar-refractivity contribution >= 4 is 23.5 Å². The number of hydrogen-bond donors (Lipinski definition) is 0. The first-order valence-electron chi connectivity index (χ1n) is 8.81. The van der Waals surface area contributed by atoms with Crippen molar-refractivity contribution < 1.29 is 0 Å². The van der Waals surface area contributed by atoms with Crippen molar-refractivity contribution in [2.75, 3.05) is 0 Å². The Morgan fingerprint density at radius 1 is 1.14 bits per heavy atom. The first-order chi connectivity index (χ1) is 13.3. The van der Waals surface area contributed by atoms with E-state index in [1.165, 1.54) is 22.1 Å². The Balaban J connectivity index is 2.10. The van der Waals surface area contributed by atoms with E-state index in [9.17, 15) is 10.1 Å². The molecule has 0 spiro atoms. The SMILES string of the molecule is CC(C)(C)c1cc(Cl)c(-c2ccccc2C#N)cc1CSn1ncccc1=O. The minimum Gasteiger partial charge on any atom is -0.267 e. The Hall–Kier alpha value is -2.55. The van der Waals surface area contributed by atoms with Gasteiger partial charge in [0.05, 0.1) is 11.6 Å². The zero-order chi connectivity index (χ0) is 20.3. The maximum Gasteiger partial charge on any atom is 0.277 e. The molecule has 2 aromatic carbocycles. The van der Waals surface area contributed by atoms with Crippen molar-refractivity contribution in [3.05, 3.63) is 86.8 Å². The van der Waals surface area contributed by atoms with Crippen molar-refractivity contribution in [3.63, 3.8) is 0 Å². The van der Waals surface area contributed by atoms with Gasteiger partial charge < -0.3 is 0 Å². The van der Waals surface area contributed by atoms with Gasteiger partial charge in [0.1, 0.15) is 0 Å². The van der Waals surface area contributed by atoms with Gasteiger partial charge >= 0.3 is 0 Å². The minimum absolute atomic E-state index is 0.123. The van der Waals surface area contributed by atoms with E-state index in [4.69, 9.17) is 11.6 Å². The van der Waals surface area contributed by atoms with Crippen LogP contribution in [0.2, 0.25) is 5.02 Å². The number of nitrogens with zero attached hydrogens (tertiary/aromatic N) is 3. The molecule has 142 valence electrons. The lowest BCUT2D eigenvalue weighted by Crippen LogP contribution is -2.17. The normalized spacial score (nSPS) is 11.2. The summed E-state index contributed by atoms with van der Waals surface area (Å²) in [5.41, 5.74) is 4.07. The summed E-state index contributed by atoms with van der Waals surface area (Å²) < 4.78 is 1.38. The molecule has 1 heterocycles. The predicted octanol–water partition coefficient (Wildman–Crippen LogP) is 5.43.